The van der Waals surface area contributed by atoms with Gasteiger partial charge in [0, 0.05) is 26.0 Å². The van der Waals surface area contributed by atoms with E-state index in [9.17, 15) is 4.79 Å². The summed E-state index contributed by atoms with van der Waals surface area (Å²) in [5.74, 6) is 1.72. The van der Waals surface area contributed by atoms with Crippen molar-refractivity contribution in [1.82, 2.24) is 14.8 Å². The summed E-state index contributed by atoms with van der Waals surface area (Å²) in [6.45, 7) is 3.10. The Hall–Kier alpha value is -2.92. The lowest BCUT2D eigenvalue weighted by Gasteiger charge is -2.32. The van der Waals surface area contributed by atoms with E-state index >= 15 is 0 Å². The van der Waals surface area contributed by atoms with Crippen LogP contribution in [0.1, 0.15) is 24.0 Å². The van der Waals surface area contributed by atoms with Crippen LogP contribution >= 0.6 is 0 Å². The zero-order chi connectivity index (χ0) is 21.6. The Morgan fingerprint density at radius 1 is 1.10 bits per heavy atom. The lowest BCUT2D eigenvalue weighted by molar-refractivity contribution is -0.132. The van der Waals surface area contributed by atoms with Crippen LogP contribution < -0.4 is 4.74 Å². The molecule has 0 aliphatic carbocycles. The minimum atomic E-state index is 0.181. The number of amides is 1. The molecule has 2 heterocycles. The molecular weight excluding hydrogens is 386 g/mol. The van der Waals surface area contributed by atoms with Crippen molar-refractivity contribution in [2.75, 3.05) is 33.8 Å². The number of hydrogen-bond donors (Lipinski definition) is 0. The summed E-state index contributed by atoms with van der Waals surface area (Å²) in [5, 5.41) is 2.31. The molecule has 3 aromatic rings. The summed E-state index contributed by atoms with van der Waals surface area (Å²) in [7, 11) is 3.58. The highest BCUT2D eigenvalue weighted by molar-refractivity contribution is 5.84. The molecule has 5 heteroatoms. The Balaban J connectivity index is 1.26. The first-order chi connectivity index (χ1) is 15.1. The smallest absolute Gasteiger partial charge is 0.236 e. The molecule has 4 rings (SSSR count). The predicted molar refractivity (Wildman–Crippen MR) is 124 cm³/mol. The number of likely N-dealkylation sites (tertiary alicyclic amines) is 1. The molecule has 0 N–H and O–H groups in total. The zero-order valence-corrected chi connectivity index (χ0v) is 18.5. The summed E-state index contributed by atoms with van der Waals surface area (Å²) in [6.07, 6.45) is 7.15. The number of aromatic nitrogens is 1. The Morgan fingerprint density at radius 3 is 2.61 bits per heavy atom. The van der Waals surface area contributed by atoms with Gasteiger partial charge in [-0.3, -0.25) is 14.7 Å². The van der Waals surface area contributed by atoms with Crippen molar-refractivity contribution in [3.05, 3.63) is 72.1 Å². The Morgan fingerprint density at radius 2 is 1.87 bits per heavy atom. The zero-order valence-electron chi connectivity index (χ0n) is 18.5. The second-order valence-corrected chi connectivity index (χ2v) is 8.58. The number of carbonyl (C=O) groups excluding carboxylic acids is 1. The lowest BCUT2D eigenvalue weighted by atomic mass is 9.91. The molecule has 1 saturated heterocycles. The molecule has 31 heavy (non-hydrogen) atoms. The lowest BCUT2D eigenvalue weighted by Crippen LogP contribution is -2.42. The van der Waals surface area contributed by atoms with Gasteiger partial charge in [-0.1, -0.05) is 24.3 Å². The molecule has 5 nitrogen and oxygen atoms in total. The van der Waals surface area contributed by atoms with E-state index in [1.54, 1.807) is 7.11 Å². The van der Waals surface area contributed by atoms with Crippen LogP contribution in [0.5, 0.6) is 5.75 Å². The van der Waals surface area contributed by atoms with E-state index in [4.69, 9.17) is 4.74 Å². The van der Waals surface area contributed by atoms with Gasteiger partial charge in [0.15, 0.2) is 0 Å². The number of likely N-dealkylation sites (N-methyl/N-ethyl adjacent to an activating group) is 1. The van der Waals surface area contributed by atoms with Crippen molar-refractivity contribution < 1.29 is 9.53 Å². The summed E-state index contributed by atoms with van der Waals surface area (Å²) in [4.78, 5) is 21.1. The number of piperidine rings is 1. The Bertz CT molecular complexity index is 1010. The van der Waals surface area contributed by atoms with E-state index in [2.05, 4.69) is 40.2 Å². The fraction of sp³-hybridized carbons (Fsp3) is 0.385. The van der Waals surface area contributed by atoms with Crippen LogP contribution in [0.3, 0.4) is 0 Å². The first-order valence-electron chi connectivity index (χ1n) is 11.0. The molecule has 1 aliphatic rings. The maximum atomic E-state index is 12.8. The van der Waals surface area contributed by atoms with Gasteiger partial charge in [-0.25, -0.2) is 0 Å². The van der Waals surface area contributed by atoms with Crippen LogP contribution in [-0.2, 0) is 17.8 Å². The first kappa shape index (κ1) is 21.3. The highest BCUT2D eigenvalue weighted by Gasteiger charge is 2.22. The van der Waals surface area contributed by atoms with E-state index in [-0.39, 0.29) is 5.91 Å². The first-order valence-corrected chi connectivity index (χ1v) is 11.0. The highest BCUT2D eigenvalue weighted by Crippen LogP contribution is 2.23. The van der Waals surface area contributed by atoms with Crippen molar-refractivity contribution in [3.8, 4) is 5.75 Å². The van der Waals surface area contributed by atoms with Gasteiger partial charge < -0.3 is 9.64 Å². The van der Waals surface area contributed by atoms with Crippen molar-refractivity contribution in [3.63, 3.8) is 0 Å². The molecular formula is C26H31N3O2. The number of pyridine rings is 1. The molecule has 1 fully saturated rings. The van der Waals surface area contributed by atoms with E-state index < -0.39 is 0 Å². The molecule has 1 aromatic heterocycles. The quantitative estimate of drug-likeness (QED) is 0.579. The molecule has 1 amide bonds. The fourth-order valence-corrected chi connectivity index (χ4v) is 4.37. The van der Waals surface area contributed by atoms with Crippen LogP contribution in [0.2, 0.25) is 0 Å². The van der Waals surface area contributed by atoms with Crippen molar-refractivity contribution in [2.24, 2.45) is 5.92 Å². The average Bonchev–Trinajstić information content (AvgIpc) is 2.80. The number of rotatable bonds is 7. The normalized spacial score (nSPS) is 15.2. The monoisotopic (exact) mass is 417 g/mol. The van der Waals surface area contributed by atoms with E-state index in [0.29, 0.717) is 19.0 Å². The minimum absolute atomic E-state index is 0.181. The van der Waals surface area contributed by atoms with Crippen LogP contribution in [0, 0.1) is 5.92 Å². The number of carbonyl (C=O) groups is 1. The third-order valence-electron chi connectivity index (χ3n) is 6.27. The summed E-state index contributed by atoms with van der Waals surface area (Å²) < 4.78 is 5.30. The topological polar surface area (TPSA) is 45.7 Å². The minimum Gasteiger partial charge on any atom is -0.497 e. The SMILES string of the molecule is COc1ccc2cc(CN(C)C(=O)CN3CCC(Cc4cccnc4)CC3)ccc2c1. The second kappa shape index (κ2) is 9.92. The van der Waals surface area contributed by atoms with Gasteiger partial charge in [0.05, 0.1) is 13.7 Å². The largest absolute Gasteiger partial charge is 0.497 e. The number of benzene rings is 2. The predicted octanol–water partition coefficient (Wildman–Crippen LogP) is 4.16. The fourth-order valence-electron chi connectivity index (χ4n) is 4.37. The van der Waals surface area contributed by atoms with Gasteiger partial charge >= 0.3 is 0 Å². The number of fused-ring (bicyclic) bond motifs is 1. The molecule has 2 aromatic carbocycles. The maximum Gasteiger partial charge on any atom is 0.236 e. The van der Waals surface area contributed by atoms with E-state index in [0.717, 1.165) is 54.4 Å². The van der Waals surface area contributed by atoms with Gasteiger partial charge in [0.25, 0.3) is 0 Å². The van der Waals surface area contributed by atoms with Crippen LogP contribution in [0.15, 0.2) is 60.9 Å². The summed E-state index contributed by atoms with van der Waals surface area (Å²) >= 11 is 0. The van der Waals surface area contributed by atoms with Gasteiger partial charge in [-0.15, -0.1) is 0 Å². The molecule has 0 bridgehead atoms. The maximum absolute atomic E-state index is 12.8. The van der Waals surface area contributed by atoms with E-state index in [1.165, 1.54) is 5.56 Å². The molecule has 0 unspecified atom stereocenters. The highest BCUT2D eigenvalue weighted by atomic mass is 16.5. The van der Waals surface area contributed by atoms with Crippen molar-refractivity contribution >= 4 is 16.7 Å². The molecule has 0 atom stereocenters. The molecule has 0 saturated carbocycles. The van der Waals surface area contributed by atoms with E-state index in [1.807, 2.05) is 42.5 Å². The second-order valence-electron chi connectivity index (χ2n) is 8.58. The van der Waals surface area contributed by atoms with Gasteiger partial charge in [-0.05, 0) is 84.4 Å². The number of ether oxygens (including phenoxy) is 1. The number of hydrogen-bond acceptors (Lipinski definition) is 4. The summed E-state index contributed by atoms with van der Waals surface area (Å²) in [6, 6.07) is 16.6. The molecule has 1 aliphatic heterocycles. The summed E-state index contributed by atoms with van der Waals surface area (Å²) in [5.41, 5.74) is 2.45. The average molecular weight is 418 g/mol. The van der Waals surface area contributed by atoms with Crippen molar-refractivity contribution in [2.45, 2.75) is 25.8 Å². The number of methoxy groups -OCH3 is 1. The van der Waals surface area contributed by atoms with Crippen LogP contribution in [-0.4, -0.2) is 54.5 Å². The Labute approximate surface area is 184 Å². The molecule has 0 spiro atoms. The van der Waals surface area contributed by atoms with Gasteiger partial charge in [0.1, 0.15) is 5.75 Å². The molecule has 0 radical (unpaired) electrons. The van der Waals surface area contributed by atoms with Crippen molar-refractivity contribution in [1.29, 1.82) is 0 Å². The standard InChI is InChI=1S/C26H31N3O2/c1-28(18-22-5-6-24-16-25(31-2)8-7-23(24)15-22)26(30)19-29-12-9-20(10-13-29)14-21-4-3-11-27-17-21/h3-8,11,15-17,20H,9-10,12-14,18-19H2,1-2H3. The third-order valence-corrected chi connectivity index (χ3v) is 6.27. The Kier molecular flexibility index (Phi) is 6.82. The number of nitrogens with zero attached hydrogens (tertiary/aromatic N) is 3. The van der Waals surface area contributed by atoms with Gasteiger partial charge in [0.2, 0.25) is 5.91 Å². The molecule has 162 valence electrons. The van der Waals surface area contributed by atoms with Gasteiger partial charge in [-0.2, -0.15) is 0 Å². The van der Waals surface area contributed by atoms with Crippen LogP contribution in [0.4, 0.5) is 0 Å². The third kappa shape index (κ3) is 5.61. The van der Waals surface area contributed by atoms with Crippen LogP contribution in [0.25, 0.3) is 10.8 Å².